The van der Waals surface area contributed by atoms with Crippen molar-refractivity contribution in [3.63, 3.8) is 0 Å². The van der Waals surface area contributed by atoms with Gasteiger partial charge in [-0.3, -0.25) is 4.29 Å². The fourth-order valence-corrected chi connectivity index (χ4v) is 1.37. The number of hydrogen-bond donors (Lipinski definition) is 2. The van der Waals surface area contributed by atoms with Crippen LogP contribution in [0.4, 0.5) is 0 Å². The molecule has 0 aliphatic heterocycles. The maximum Gasteiger partial charge on any atom is 0.175 e. The molecule has 0 saturated carbocycles. The highest BCUT2D eigenvalue weighted by atomic mass is 35.5. The van der Waals surface area contributed by atoms with Crippen LogP contribution in [-0.2, 0) is 4.29 Å². The summed E-state index contributed by atoms with van der Waals surface area (Å²) in [6.07, 6.45) is 1.39. The van der Waals surface area contributed by atoms with Crippen LogP contribution in [0.3, 0.4) is 0 Å². The van der Waals surface area contributed by atoms with Crippen LogP contribution in [0.15, 0.2) is 71.0 Å². The fraction of sp³-hybridized carbons (Fsp3) is 0.263. The summed E-state index contributed by atoms with van der Waals surface area (Å²) < 4.78 is 4.41. The zero-order chi connectivity index (χ0) is 19.1. The summed E-state index contributed by atoms with van der Waals surface area (Å²) in [7, 11) is 0. The first-order valence-corrected chi connectivity index (χ1v) is 7.98. The zero-order valence-corrected chi connectivity index (χ0v) is 15.8. The number of hydrogen-bond acceptors (Lipinski definition) is 5. The minimum absolute atomic E-state index is 0. The van der Waals surface area contributed by atoms with Gasteiger partial charge in [-0.1, -0.05) is 90.0 Å². The lowest BCUT2D eigenvalue weighted by molar-refractivity contribution is 0.148. The van der Waals surface area contributed by atoms with Crippen LogP contribution in [-0.4, -0.2) is 27.4 Å². The van der Waals surface area contributed by atoms with Crippen molar-refractivity contribution in [1.29, 1.82) is 0 Å². The van der Waals surface area contributed by atoms with Gasteiger partial charge in [0, 0.05) is 5.56 Å². The van der Waals surface area contributed by atoms with Crippen molar-refractivity contribution in [3.8, 4) is 0 Å². The van der Waals surface area contributed by atoms with E-state index in [9.17, 15) is 0 Å². The maximum absolute atomic E-state index is 8.24. The molecule has 2 rings (SSSR count). The Morgan fingerprint density at radius 1 is 0.962 bits per heavy atom. The highest BCUT2D eigenvalue weighted by Crippen LogP contribution is 2.07. The molecule has 0 unspecified atom stereocenters. The Kier molecular flexibility index (Phi) is 15.3. The number of nitrogens with zero attached hydrogens (tertiary/aromatic N) is 2. The van der Waals surface area contributed by atoms with Crippen molar-refractivity contribution < 1.29 is 14.7 Å². The van der Waals surface area contributed by atoms with Crippen LogP contribution >= 0.6 is 23.5 Å². The molecule has 2 N–H and O–H groups in total. The molecule has 0 bridgehead atoms. The van der Waals surface area contributed by atoms with Gasteiger partial charge in [0.05, 0.1) is 23.7 Å². The fourth-order valence-electron chi connectivity index (χ4n) is 1.24. The highest BCUT2D eigenvalue weighted by Gasteiger charge is 2.06. The zero-order valence-electron chi connectivity index (χ0n) is 14.3. The van der Waals surface area contributed by atoms with Gasteiger partial charge in [0.15, 0.2) is 5.17 Å². The Bertz CT molecular complexity index is 628. The van der Waals surface area contributed by atoms with Gasteiger partial charge in [0.1, 0.15) is 0 Å². The van der Waals surface area contributed by atoms with Crippen LogP contribution in [0, 0.1) is 0 Å². The summed E-state index contributed by atoms with van der Waals surface area (Å²) in [6.45, 7) is 5.67. The molecule has 26 heavy (non-hydrogen) atoms. The second-order valence-electron chi connectivity index (χ2n) is 5.60. The summed E-state index contributed by atoms with van der Waals surface area (Å²) >= 11 is 10.5. The van der Waals surface area contributed by atoms with Crippen LogP contribution in [0.2, 0.25) is 0 Å². The second kappa shape index (κ2) is 15.2. The molecule has 144 valence electrons. The van der Waals surface area contributed by atoms with E-state index in [1.165, 1.54) is 6.21 Å². The number of benzene rings is 2. The molecule has 0 spiro atoms. The predicted molar refractivity (Wildman–Crippen MR) is 110 cm³/mol. The van der Waals surface area contributed by atoms with E-state index in [1.807, 2.05) is 69.3 Å². The molecule has 7 heteroatoms. The highest BCUT2D eigenvalue weighted by molar-refractivity contribution is 6.69. The summed E-state index contributed by atoms with van der Waals surface area (Å²) in [5.41, 5.74) is 1.42. The van der Waals surface area contributed by atoms with E-state index in [0.717, 1.165) is 5.56 Å². The largest absolute Gasteiger partial charge is 0.411 e. The first kappa shape index (κ1) is 26.2. The Morgan fingerprint density at radius 3 is 1.73 bits per heavy atom. The molecule has 5 nitrogen and oxygen atoms in total. The van der Waals surface area contributed by atoms with Gasteiger partial charge in [-0.2, -0.15) is 0 Å². The van der Waals surface area contributed by atoms with Crippen molar-refractivity contribution in [2.45, 2.75) is 33.8 Å². The molecule has 2 aromatic rings. The quantitative estimate of drug-likeness (QED) is 0.360. The predicted octanol–water partition coefficient (Wildman–Crippen LogP) is 6.15. The molecule has 0 fully saturated rings. The Hall–Kier alpha value is -2.08. The second-order valence-corrected chi connectivity index (χ2v) is 6.11. The summed E-state index contributed by atoms with van der Waals surface area (Å²) in [5.74, 6) is 0. The van der Waals surface area contributed by atoms with Crippen LogP contribution < -0.4 is 0 Å². The van der Waals surface area contributed by atoms with Crippen molar-refractivity contribution in [3.05, 3.63) is 71.8 Å². The molecule has 0 aromatic heterocycles. The van der Waals surface area contributed by atoms with Gasteiger partial charge in [0.25, 0.3) is 0 Å². The normalized spacial score (nSPS) is 10.7. The molecular formula is C19H26Cl2N2O3. The van der Waals surface area contributed by atoms with Gasteiger partial charge in [-0.25, -0.2) is 0 Å². The molecule has 0 aliphatic carbocycles. The van der Waals surface area contributed by atoms with Crippen molar-refractivity contribution in [2.24, 2.45) is 10.3 Å². The summed E-state index contributed by atoms with van der Waals surface area (Å²) in [4.78, 5) is 0. The minimum atomic E-state index is -0.193. The molecule has 0 aliphatic rings. The standard InChI is InChI=1S/C7H6ClNO.C7H7NO.C4H9ClO.CH4/c8-7(9-10)6-4-2-1-3-5-6;9-8-6-7-4-2-1-3-5-7;1-4(2,3)6-5;/h1-5,10H;1-6,9H;1-3H3;1H4/b9-7+;8-6-;;. The van der Waals surface area contributed by atoms with Crippen LogP contribution in [0.25, 0.3) is 0 Å². The molecule has 0 radical (unpaired) electrons. The smallest absolute Gasteiger partial charge is 0.175 e. The number of rotatable bonds is 2. The lowest BCUT2D eigenvalue weighted by Crippen LogP contribution is -2.12. The monoisotopic (exact) mass is 400 g/mol. The molecule has 0 amide bonds. The number of halogens is 2. The summed E-state index contributed by atoms with van der Waals surface area (Å²) in [5, 5.41) is 22.2. The third-order valence-electron chi connectivity index (χ3n) is 2.34. The minimum Gasteiger partial charge on any atom is -0.411 e. The van der Waals surface area contributed by atoms with Crippen LogP contribution in [0.1, 0.15) is 39.3 Å². The first-order valence-electron chi connectivity index (χ1n) is 7.29. The average Bonchev–Trinajstić information content (AvgIpc) is 2.63. The lowest BCUT2D eigenvalue weighted by Gasteiger charge is -2.10. The lowest BCUT2D eigenvalue weighted by atomic mass is 10.2. The van der Waals surface area contributed by atoms with Crippen molar-refractivity contribution >= 4 is 34.9 Å². The van der Waals surface area contributed by atoms with Crippen molar-refractivity contribution in [2.75, 3.05) is 0 Å². The van der Waals surface area contributed by atoms with Gasteiger partial charge in [-0.05, 0) is 26.3 Å². The van der Waals surface area contributed by atoms with Gasteiger partial charge in [0.2, 0.25) is 0 Å². The van der Waals surface area contributed by atoms with E-state index < -0.39 is 0 Å². The molecule has 0 heterocycles. The van der Waals surface area contributed by atoms with Crippen LogP contribution in [0.5, 0.6) is 0 Å². The Labute approximate surface area is 165 Å². The van der Waals surface area contributed by atoms with E-state index in [1.54, 1.807) is 12.1 Å². The maximum atomic E-state index is 8.24. The Morgan fingerprint density at radius 2 is 1.38 bits per heavy atom. The molecule has 2 aromatic carbocycles. The van der Waals surface area contributed by atoms with Crippen molar-refractivity contribution in [1.82, 2.24) is 0 Å². The van der Waals surface area contributed by atoms with Gasteiger partial charge < -0.3 is 10.4 Å². The average molecular weight is 401 g/mol. The van der Waals surface area contributed by atoms with E-state index in [2.05, 4.69) is 14.6 Å². The topological polar surface area (TPSA) is 74.4 Å². The van der Waals surface area contributed by atoms with E-state index in [0.29, 0.717) is 5.56 Å². The van der Waals surface area contributed by atoms with E-state index in [4.69, 9.17) is 33.9 Å². The van der Waals surface area contributed by atoms with E-state index in [-0.39, 0.29) is 18.2 Å². The number of oxime groups is 2. The molecular weight excluding hydrogens is 375 g/mol. The third-order valence-corrected chi connectivity index (χ3v) is 3.09. The Balaban J connectivity index is 0. The molecule has 0 atom stereocenters. The summed E-state index contributed by atoms with van der Waals surface area (Å²) in [6, 6.07) is 18.4. The SMILES string of the molecule is C.CC(C)(C)OCl.O/N=C(/Cl)c1ccccc1.O/N=C\c1ccccc1. The van der Waals surface area contributed by atoms with E-state index >= 15 is 0 Å². The van der Waals surface area contributed by atoms with Gasteiger partial charge >= 0.3 is 0 Å². The first-order chi connectivity index (χ1) is 11.8. The third kappa shape index (κ3) is 14.3. The van der Waals surface area contributed by atoms with Gasteiger partial charge in [-0.15, -0.1) is 0 Å². The molecule has 0 saturated heterocycles.